The normalized spacial score (nSPS) is 17.4. The van der Waals surface area contributed by atoms with Crippen LogP contribution < -0.4 is 0 Å². The predicted molar refractivity (Wildman–Crippen MR) is 106 cm³/mol. The molecule has 3 rings (SSSR count). The van der Waals surface area contributed by atoms with Gasteiger partial charge < -0.3 is 0 Å². The van der Waals surface area contributed by atoms with Gasteiger partial charge in [-0.3, -0.25) is 4.31 Å². The van der Waals surface area contributed by atoms with E-state index in [-0.39, 0.29) is 0 Å². The second kappa shape index (κ2) is 7.67. The third-order valence-electron chi connectivity index (χ3n) is 5.17. The maximum Gasteiger partial charge on any atom is 0.263 e. The van der Waals surface area contributed by atoms with Gasteiger partial charge in [0.25, 0.3) is 10.0 Å². The highest BCUT2D eigenvalue weighted by molar-refractivity contribution is 7.89. The van der Waals surface area contributed by atoms with Crippen molar-refractivity contribution in [3.63, 3.8) is 0 Å². The number of hydrogen-bond donors (Lipinski definition) is 0. The van der Waals surface area contributed by atoms with Gasteiger partial charge in [0.1, 0.15) is 0 Å². The Hall–Kier alpha value is -2.07. The van der Waals surface area contributed by atoms with E-state index in [4.69, 9.17) is 0 Å². The summed E-state index contributed by atoms with van der Waals surface area (Å²) in [5.41, 5.74) is 4.86. The molecular weight excluding hydrogens is 342 g/mol. The van der Waals surface area contributed by atoms with E-state index in [0.717, 1.165) is 24.8 Å². The Morgan fingerprint density at radius 2 is 1.54 bits per heavy atom. The largest absolute Gasteiger partial charge is 0.273 e. The van der Waals surface area contributed by atoms with Crippen LogP contribution in [0, 0.1) is 19.8 Å². The van der Waals surface area contributed by atoms with E-state index in [1.54, 1.807) is 12.1 Å². The van der Waals surface area contributed by atoms with Crippen molar-refractivity contribution < 1.29 is 8.42 Å². The second-order valence-corrected chi connectivity index (χ2v) is 9.06. The van der Waals surface area contributed by atoms with Gasteiger partial charge in [0.2, 0.25) is 0 Å². The number of nitrogens with zero attached hydrogens (tertiary/aromatic N) is 1. The third kappa shape index (κ3) is 4.01. The fourth-order valence-corrected chi connectivity index (χ4v) is 4.84. The van der Waals surface area contributed by atoms with Crippen LogP contribution in [0.4, 0.5) is 0 Å². The summed E-state index contributed by atoms with van der Waals surface area (Å²) in [5, 5.41) is 0. The highest BCUT2D eigenvalue weighted by Gasteiger charge is 2.31. The molecule has 4 heteroatoms. The molecule has 0 aliphatic carbocycles. The Kier molecular flexibility index (Phi) is 5.52. The smallest absolute Gasteiger partial charge is 0.263 e. The van der Waals surface area contributed by atoms with Crippen molar-refractivity contribution in [2.75, 3.05) is 6.54 Å². The van der Waals surface area contributed by atoms with Gasteiger partial charge in [-0.15, -0.1) is 0 Å². The molecule has 0 radical (unpaired) electrons. The molecule has 2 aromatic rings. The molecule has 0 spiro atoms. The number of rotatable bonds is 6. The topological polar surface area (TPSA) is 37.4 Å². The minimum absolute atomic E-state index is 0.293. The van der Waals surface area contributed by atoms with Crippen LogP contribution in [0.5, 0.6) is 0 Å². The molecule has 1 aliphatic heterocycles. The lowest BCUT2D eigenvalue weighted by atomic mass is 9.93. The van der Waals surface area contributed by atoms with Gasteiger partial charge in [0.15, 0.2) is 0 Å². The zero-order chi connectivity index (χ0) is 18.7. The molecule has 0 bridgehead atoms. The van der Waals surface area contributed by atoms with Crippen molar-refractivity contribution in [2.45, 2.75) is 44.9 Å². The first-order chi connectivity index (χ1) is 12.4. The first-order valence-electron chi connectivity index (χ1n) is 9.25. The van der Waals surface area contributed by atoms with E-state index in [1.807, 2.05) is 25.3 Å². The quantitative estimate of drug-likeness (QED) is 0.730. The van der Waals surface area contributed by atoms with E-state index < -0.39 is 10.0 Å². The highest BCUT2D eigenvalue weighted by Crippen LogP contribution is 2.32. The average Bonchev–Trinajstić information content (AvgIpc) is 3.06. The van der Waals surface area contributed by atoms with Crippen LogP contribution in [0.25, 0.3) is 0 Å². The van der Waals surface area contributed by atoms with Crippen LogP contribution in [0.15, 0.2) is 65.2 Å². The molecular formula is C22H27NO2S. The molecule has 1 unspecified atom stereocenters. The molecule has 0 aromatic heterocycles. The lowest BCUT2D eigenvalue weighted by Crippen LogP contribution is -2.26. The van der Waals surface area contributed by atoms with E-state index in [0.29, 0.717) is 17.4 Å². The van der Waals surface area contributed by atoms with Crippen LogP contribution in [0.1, 0.15) is 36.5 Å². The Morgan fingerprint density at radius 1 is 0.962 bits per heavy atom. The Bertz CT molecular complexity index is 881. The van der Waals surface area contributed by atoms with Gasteiger partial charge >= 0.3 is 0 Å². The summed E-state index contributed by atoms with van der Waals surface area (Å²) < 4.78 is 27.4. The summed E-state index contributed by atoms with van der Waals surface area (Å²) in [6.07, 6.45) is 4.69. The average molecular weight is 370 g/mol. The van der Waals surface area contributed by atoms with Crippen LogP contribution in [-0.4, -0.2) is 19.3 Å². The van der Waals surface area contributed by atoms with Gasteiger partial charge in [-0.05, 0) is 56.4 Å². The fourth-order valence-electron chi connectivity index (χ4n) is 3.44. The lowest BCUT2D eigenvalue weighted by molar-refractivity contribution is 0.460. The summed E-state index contributed by atoms with van der Waals surface area (Å²) >= 11 is 0. The van der Waals surface area contributed by atoms with Gasteiger partial charge in [0, 0.05) is 18.7 Å². The maximum absolute atomic E-state index is 12.9. The number of hydrogen-bond acceptors (Lipinski definition) is 2. The number of aryl methyl sites for hydroxylation is 3. The monoisotopic (exact) mass is 369 g/mol. The van der Waals surface area contributed by atoms with Crippen molar-refractivity contribution in [3.8, 4) is 0 Å². The van der Waals surface area contributed by atoms with E-state index in [9.17, 15) is 8.42 Å². The molecule has 0 saturated heterocycles. The minimum atomic E-state index is -3.46. The standard InChI is InChI=1S/C22H27NO2S/c1-4-20-15-23(26(24,25)22-13-7-18(3)8-14-22)16-21(20)12-11-19-9-5-17(2)6-10-19/h5-10,13-15,21H,4,11-12,16H2,1-3H3. The molecule has 0 saturated carbocycles. The zero-order valence-corrected chi connectivity index (χ0v) is 16.6. The second-order valence-electron chi connectivity index (χ2n) is 7.17. The molecule has 0 N–H and O–H groups in total. The molecule has 1 aliphatic rings. The van der Waals surface area contributed by atoms with Gasteiger partial charge in [-0.25, -0.2) is 8.42 Å². The first kappa shape index (κ1) is 18.7. The number of sulfonamides is 1. The summed E-state index contributed by atoms with van der Waals surface area (Å²) in [6.45, 7) is 6.70. The lowest BCUT2D eigenvalue weighted by Gasteiger charge is -2.19. The van der Waals surface area contributed by atoms with Gasteiger partial charge in [0.05, 0.1) is 4.90 Å². The predicted octanol–water partition coefficient (Wildman–Crippen LogP) is 4.85. The van der Waals surface area contributed by atoms with E-state index in [2.05, 4.69) is 38.1 Å². The van der Waals surface area contributed by atoms with E-state index in [1.165, 1.54) is 21.0 Å². The van der Waals surface area contributed by atoms with Crippen molar-refractivity contribution in [1.82, 2.24) is 4.31 Å². The Morgan fingerprint density at radius 3 is 2.12 bits per heavy atom. The summed E-state index contributed by atoms with van der Waals surface area (Å²) in [4.78, 5) is 0.369. The van der Waals surface area contributed by atoms with Gasteiger partial charge in [-0.2, -0.15) is 0 Å². The minimum Gasteiger partial charge on any atom is -0.273 e. The summed E-state index contributed by atoms with van der Waals surface area (Å²) in [7, 11) is -3.46. The van der Waals surface area contributed by atoms with E-state index >= 15 is 0 Å². The Balaban J connectivity index is 1.72. The van der Waals surface area contributed by atoms with Crippen molar-refractivity contribution >= 4 is 10.0 Å². The SMILES string of the molecule is CCC1=CN(S(=O)(=O)c2ccc(C)cc2)CC1CCc1ccc(C)cc1. The molecule has 0 fully saturated rings. The Labute approximate surface area is 157 Å². The van der Waals surface area contributed by atoms with Crippen LogP contribution in [0.3, 0.4) is 0 Å². The molecule has 2 aromatic carbocycles. The van der Waals surface area contributed by atoms with Crippen molar-refractivity contribution in [2.24, 2.45) is 5.92 Å². The molecule has 26 heavy (non-hydrogen) atoms. The highest BCUT2D eigenvalue weighted by atomic mass is 32.2. The molecule has 0 amide bonds. The first-order valence-corrected chi connectivity index (χ1v) is 10.7. The maximum atomic E-state index is 12.9. The molecule has 138 valence electrons. The molecule has 1 heterocycles. The van der Waals surface area contributed by atoms with Crippen LogP contribution in [-0.2, 0) is 16.4 Å². The molecule has 1 atom stereocenters. The van der Waals surface area contributed by atoms with Crippen molar-refractivity contribution in [3.05, 3.63) is 77.0 Å². The van der Waals surface area contributed by atoms with Gasteiger partial charge in [-0.1, -0.05) is 54.4 Å². The fraction of sp³-hybridized carbons (Fsp3) is 0.364. The zero-order valence-electron chi connectivity index (χ0n) is 15.8. The number of benzene rings is 2. The molecule has 3 nitrogen and oxygen atoms in total. The van der Waals surface area contributed by atoms with Crippen LogP contribution >= 0.6 is 0 Å². The van der Waals surface area contributed by atoms with Crippen LogP contribution in [0.2, 0.25) is 0 Å². The van der Waals surface area contributed by atoms with Crippen molar-refractivity contribution in [1.29, 1.82) is 0 Å². The summed E-state index contributed by atoms with van der Waals surface area (Å²) in [6, 6.07) is 15.7. The third-order valence-corrected chi connectivity index (χ3v) is 6.91. The summed E-state index contributed by atoms with van der Waals surface area (Å²) in [5.74, 6) is 0.293.